The number of benzene rings is 1. The van der Waals surface area contributed by atoms with Crippen LogP contribution in [0, 0.1) is 11.3 Å². The first-order valence-electron chi connectivity index (χ1n) is 6.60. The van der Waals surface area contributed by atoms with Crippen LogP contribution in [0.1, 0.15) is 51.5 Å². The van der Waals surface area contributed by atoms with Crippen molar-refractivity contribution in [1.29, 1.82) is 0 Å². The molecule has 18 heavy (non-hydrogen) atoms. The predicted octanol–water partition coefficient (Wildman–Crippen LogP) is 5.44. The summed E-state index contributed by atoms with van der Waals surface area (Å²) in [4.78, 5) is 0. The zero-order valence-electron chi connectivity index (χ0n) is 12.2. The molecule has 0 bridgehead atoms. The van der Waals surface area contributed by atoms with Gasteiger partial charge in [0.05, 0.1) is 12.5 Å². The summed E-state index contributed by atoms with van der Waals surface area (Å²) in [7, 11) is 1.68. The fourth-order valence-corrected chi connectivity index (χ4v) is 2.88. The van der Waals surface area contributed by atoms with E-state index in [0.717, 1.165) is 12.2 Å². The minimum atomic E-state index is 0.0910. The second-order valence-corrected chi connectivity index (χ2v) is 6.87. The molecule has 1 nitrogen and oxygen atoms in total. The van der Waals surface area contributed by atoms with Gasteiger partial charge in [0, 0.05) is 0 Å². The van der Waals surface area contributed by atoms with Crippen LogP contribution in [0.25, 0.3) is 0 Å². The SMILES string of the molecule is COc1ccc(C(Cl)CC(C)CC(C)(C)C)cc1. The minimum Gasteiger partial charge on any atom is -0.497 e. The fraction of sp³-hybridized carbons (Fsp3) is 0.625. The predicted molar refractivity (Wildman–Crippen MR) is 79.4 cm³/mol. The van der Waals surface area contributed by atoms with E-state index >= 15 is 0 Å². The van der Waals surface area contributed by atoms with Crippen LogP contribution in [0.2, 0.25) is 0 Å². The van der Waals surface area contributed by atoms with E-state index in [1.807, 2.05) is 12.1 Å². The molecule has 0 saturated heterocycles. The Labute approximate surface area is 116 Å². The molecule has 0 saturated carbocycles. The molecule has 0 fully saturated rings. The Morgan fingerprint density at radius 3 is 2.17 bits per heavy atom. The molecule has 0 spiro atoms. The van der Waals surface area contributed by atoms with Crippen LogP contribution >= 0.6 is 11.6 Å². The van der Waals surface area contributed by atoms with Crippen LogP contribution < -0.4 is 4.74 Å². The molecule has 0 radical (unpaired) electrons. The molecule has 0 aromatic heterocycles. The standard InChI is InChI=1S/C16H25ClO/c1-12(11-16(2,3)4)10-15(17)13-6-8-14(18-5)9-7-13/h6-9,12,15H,10-11H2,1-5H3. The van der Waals surface area contributed by atoms with Gasteiger partial charge in [-0.15, -0.1) is 11.6 Å². The second-order valence-electron chi connectivity index (χ2n) is 6.35. The molecule has 0 heterocycles. The van der Waals surface area contributed by atoms with Crippen LogP contribution in [0.4, 0.5) is 0 Å². The third kappa shape index (κ3) is 5.30. The zero-order chi connectivity index (χ0) is 13.8. The number of rotatable bonds is 5. The first-order valence-corrected chi connectivity index (χ1v) is 7.03. The van der Waals surface area contributed by atoms with Gasteiger partial charge in [0.25, 0.3) is 0 Å². The van der Waals surface area contributed by atoms with Gasteiger partial charge in [-0.25, -0.2) is 0 Å². The number of methoxy groups -OCH3 is 1. The summed E-state index contributed by atoms with van der Waals surface area (Å²) in [5, 5.41) is 0.0910. The molecular weight excluding hydrogens is 244 g/mol. The third-order valence-corrected chi connectivity index (χ3v) is 3.48. The maximum atomic E-state index is 6.48. The van der Waals surface area contributed by atoms with Gasteiger partial charge in [-0.2, -0.15) is 0 Å². The van der Waals surface area contributed by atoms with E-state index in [1.54, 1.807) is 7.11 Å². The maximum Gasteiger partial charge on any atom is 0.118 e. The summed E-state index contributed by atoms with van der Waals surface area (Å²) in [5.41, 5.74) is 1.55. The Morgan fingerprint density at radius 2 is 1.72 bits per heavy atom. The zero-order valence-corrected chi connectivity index (χ0v) is 12.9. The Kier molecular flexibility index (Phi) is 5.52. The summed E-state index contributed by atoms with van der Waals surface area (Å²) in [6, 6.07) is 8.05. The Morgan fingerprint density at radius 1 is 1.17 bits per heavy atom. The van der Waals surface area contributed by atoms with Crippen LogP contribution in [0.5, 0.6) is 5.75 Å². The average molecular weight is 269 g/mol. The van der Waals surface area contributed by atoms with Crippen molar-refractivity contribution in [3.8, 4) is 5.75 Å². The molecule has 0 aliphatic rings. The number of hydrogen-bond acceptors (Lipinski definition) is 1. The van der Waals surface area contributed by atoms with E-state index in [9.17, 15) is 0 Å². The molecule has 102 valence electrons. The van der Waals surface area contributed by atoms with Gasteiger partial charge >= 0.3 is 0 Å². The number of alkyl halides is 1. The summed E-state index contributed by atoms with van der Waals surface area (Å²) in [5.74, 6) is 1.51. The highest BCUT2D eigenvalue weighted by Crippen LogP contribution is 2.34. The molecule has 2 unspecified atom stereocenters. The smallest absolute Gasteiger partial charge is 0.118 e. The normalized spacial score (nSPS) is 15.2. The van der Waals surface area contributed by atoms with Gasteiger partial charge in [0.15, 0.2) is 0 Å². The van der Waals surface area contributed by atoms with Gasteiger partial charge in [-0.1, -0.05) is 39.8 Å². The molecule has 2 atom stereocenters. The van der Waals surface area contributed by atoms with E-state index in [1.165, 1.54) is 12.0 Å². The largest absolute Gasteiger partial charge is 0.497 e. The first-order chi connectivity index (χ1) is 8.31. The highest BCUT2D eigenvalue weighted by Gasteiger charge is 2.18. The van der Waals surface area contributed by atoms with Crippen molar-refractivity contribution in [3.63, 3.8) is 0 Å². The fourth-order valence-electron chi connectivity index (χ4n) is 2.43. The highest BCUT2D eigenvalue weighted by atomic mass is 35.5. The number of ether oxygens (including phenoxy) is 1. The van der Waals surface area contributed by atoms with Gasteiger partial charge in [0.1, 0.15) is 5.75 Å². The van der Waals surface area contributed by atoms with Crippen molar-refractivity contribution in [1.82, 2.24) is 0 Å². The van der Waals surface area contributed by atoms with Crippen LogP contribution in [0.15, 0.2) is 24.3 Å². The van der Waals surface area contributed by atoms with Crippen LogP contribution in [-0.4, -0.2) is 7.11 Å². The lowest BCUT2D eigenvalue weighted by atomic mass is 9.83. The van der Waals surface area contributed by atoms with Crippen LogP contribution in [-0.2, 0) is 0 Å². The van der Waals surface area contributed by atoms with Crippen molar-refractivity contribution in [2.45, 2.75) is 45.9 Å². The second kappa shape index (κ2) is 6.47. The van der Waals surface area contributed by atoms with Crippen LogP contribution in [0.3, 0.4) is 0 Å². The van der Waals surface area contributed by atoms with Crippen molar-refractivity contribution < 1.29 is 4.74 Å². The molecule has 0 amide bonds. The topological polar surface area (TPSA) is 9.23 Å². The maximum absolute atomic E-state index is 6.48. The van der Waals surface area contributed by atoms with E-state index < -0.39 is 0 Å². The Balaban J connectivity index is 2.56. The third-order valence-electron chi connectivity index (χ3n) is 3.05. The van der Waals surface area contributed by atoms with E-state index in [-0.39, 0.29) is 5.38 Å². The van der Waals surface area contributed by atoms with Crippen molar-refractivity contribution in [3.05, 3.63) is 29.8 Å². The summed E-state index contributed by atoms with van der Waals surface area (Å²) in [6.07, 6.45) is 2.22. The monoisotopic (exact) mass is 268 g/mol. The van der Waals surface area contributed by atoms with Crippen molar-refractivity contribution in [2.75, 3.05) is 7.11 Å². The van der Waals surface area contributed by atoms with Crippen molar-refractivity contribution in [2.24, 2.45) is 11.3 Å². The van der Waals surface area contributed by atoms with Gasteiger partial charge in [-0.05, 0) is 41.9 Å². The lowest BCUT2D eigenvalue weighted by Crippen LogP contribution is -2.12. The average Bonchev–Trinajstić information content (AvgIpc) is 2.26. The molecule has 0 aliphatic carbocycles. The molecule has 2 heteroatoms. The molecular formula is C16H25ClO. The molecule has 1 rings (SSSR count). The van der Waals surface area contributed by atoms with Gasteiger partial charge in [0.2, 0.25) is 0 Å². The Hall–Kier alpha value is -0.690. The lowest BCUT2D eigenvalue weighted by molar-refractivity contribution is 0.295. The first kappa shape index (κ1) is 15.4. The summed E-state index contributed by atoms with van der Waals surface area (Å²) in [6.45, 7) is 9.12. The van der Waals surface area contributed by atoms with E-state index in [2.05, 4.69) is 39.8 Å². The lowest BCUT2D eigenvalue weighted by Gasteiger charge is -2.24. The molecule has 1 aromatic carbocycles. The highest BCUT2D eigenvalue weighted by molar-refractivity contribution is 6.20. The molecule has 0 N–H and O–H groups in total. The van der Waals surface area contributed by atoms with Gasteiger partial charge < -0.3 is 4.74 Å². The summed E-state index contributed by atoms with van der Waals surface area (Å²) < 4.78 is 5.15. The number of hydrogen-bond donors (Lipinski definition) is 0. The van der Waals surface area contributed by atoms with E-state index in [0.29, 0.717) is 11.3 Å². The van der Waals surface area contributed by atoms with E-state index in [4.69, 9.17) is 16.3 Å². The number of halogens is 1. The van der Waals surface area contributed by atoms with Gasteiger partial charge in [-0.3, -0.25) is 0 Å². The van der Waals surface area contributed by atoms with Crippen molar-refractivity contribution >= 4 is 11.6 Å². The quantitative estimate of drug-likeness (QED) is 0.647. The molecule has 1 aromatic rings. The molecule has 0 aliphatic heterocycles. The minimum absolute atomic E-state index is 0.0910. The summed E-state index contributed by atoms with van der Waals surface area (Å²) >= 11 is 6.48. The Bertz CT molecular complexity index is 350.